The summed E-state index contributed by atoms with van der Waals surface area (Å²) < 4.78 is 62.8. The van der Waals surface area contributed by atoms with E-state index in [1.54, 1.807) is 12.1 Å². The third-order valence-corrected chi connectivity index (χ3v) is 10.4. The predicted molar refractivity (Wildman–Crippen MR) is 139 cm³/mol. The van der Waals surface area contributed by atoms with Gasteiger partial charge in [0.1, 0.15) is 9.79 Å². The van der Waals surface area contributed by atoms with E-state index in [1.807, 2.05) is 6.07 Å². The number of anilines is 1. The summed E-state index contributed by atoms with van der Waals surface area (Å²) in [5, 5.41) is 19.5. The number of rotatable bonds is 6. The summed E-state index contributed by atoms with van der Waals surface area (Å²) in [5.74, 6) is -0.0908. The van der Waals surface area contributed by atoms with Crippen molar-refractivity contribution in [3.63, 3.8) is 0 Å². The zero-order valence-electron chi connectivity index (χ0n) is 19.6. The highest BCUT2D eigenvalue weighted by Gasteiger charge is 2.44. The van der Waals surface area contributed by atoms with Gasteiger partial charge in [-0.05, 0) is 47.4 Å². The molecule has 8 N–H and O–H groups in total. The fourth-order valence-electron chi connectivity index (χ4n) is 5.23. The van der Waals surface area contributed by atoms with Crippen LogP contribution < -0.4 is 21.3 Å². The Balaban J connectivity index is 1.56. The van der Waals surface area contributed by atoms with Crippen molar-refractivity contribution >= 4 is 46.7 Å². The number of primary sulfonamides is 1. The van der Waals surface area contributed by atoms with E-state index in [0.717, 1.165) is 4.70 Å². The molecule has 2 aromatic heterocycles. The Morgan fingerprint density at radius 2 is 1.89 bits per heavy atom. The maximum atomic E-state index is 13.7. The first kappa shape index (κ1) is 25.2. The van der Waals surface area contributed by atoms with Gasteiger partial charge >= 0.3 is 0 Å². The molecule has 6 rings (SSSR count). The molecule has 2 bridgehead atoms. The number of sulfonamides is 2. The van der Waals surface area contributed by atoms with Gasteiger partial charge in [-0.25, -0.2) is 36.8 Å². The summed E-state index contributed by atoms with van der Waals surface area (Å²) in [4.78, 5) is 3.19. The number of H-pyrrole nitrogens is 1. The quantitative estimate of drug-likeness (QED) is 0.209. The number of fused-ring (bicyclic) bond motifs is 3. The van der Waals surface area contributed by atoms with Gasteiger partial charge in [-0.3, -0.25) is 0 Å². The van der Waals surface area contributed by atoms with E-state index in [1.165, 1.54) is 23.5 Å². The van der Waals surface area contributed by atoms with Gasteiger partial charge in [0.2, 0.25) is 20.0 Å². The van der Waals surface area contributed by atoms with Crippen LogP contribution in [0.2, 0.25) is 0 Å². The molecule has 0 saturated carbocycles. The van der Waals surface area contributed by atoms with E-state index >= 15 is 0 Å². The Morgan fingerprint density at radius 1 is 1.08 bits per heavy atom. The summed E-state index contributed by atoms with van der Waals surface area (Å²) in [7, 11) is -9.05. The Bertz CT molecular complexity index is 1750. The van der Waals surface area contributed by atoms with Crippen molar-refractivity contribution in [2.24, 2.45) is 10.9 Å². The molecule has 2 aromatic carbocycles. The van der Waals surface area contributed by atoms with Crippen molar-refractivity contribution < 1.29 is 21.6 Å². The normalized spacial score (nSPS) is 23.7. The van der Waals surface area contributed by atoms with Gasteiger partial charge in [0, 0.05) is 17.6 Å². The molecule has 4 aromatic rings. The zero-order chi connectivity index (χ0) is 26.8. The largest absolute Gasteiger partial charge is 0.375 e. The van der Waals surface area contributed by atoms with Crippen LogP contribution in [0.4, 0.5) is 5.13 Å². The van der Waals surface area contributed by atoms with E-state index in [2.05, 4.69) is 30.3 Å². The number of thiazole rings is 1. The number of tetrazole rings is 1. The van der Waals surface area contributed by atoms with Gasteiger partial charge < -0.3 is 16.2 Å². The van der Waals surface area contributed by atoms with Crippen LogP contribution in [0.3, 0.4) is 0 Å². The number of nitrogens with zero attached hydrogens (tertiary/aromatic N) is 4. The molecule has 4 heterocycles. The van der Waals surface area contributed by atoms with E-state index in [-0.39, 0.29) is 23.5 Å². The summed E-state index contributed by atoms with van der Waals surface area (Å²) in [6.45, 7) is 0. The van der Waals surface area contributed by atoms with Crippen LogP contribution in [0.25, 0.3) is 32.7 Å². The number of ether oxygens (including phenoxy) is 1. The van der Waals surface area contributed by atoms with Crippen LogP contribution in [0, 0.1) is 0 Å². The molecule has 2 aliphatic heterocycles. The number of nitrogens with two attached hydrogens (primary N) is 3. The highest BCUT2D eigenvalue weighted by atomic mass is 32.2. The first-order chi connectivity index (χ1) is 18.0. The Hall–Kier alpha value is -3.06. The van der Waals surface area contributed by atoms with Crippen LogP contribution in [0.1, 0.15) is 19.3 Å². The smallest absolute Gasteiger partial charge is 0.242 e. The molecule has 2 saturated heterocycles. The van der Waals surface area contributed by atoms with Crippen molar-refractivity contribution in [1.82, 2.24) is 30.3 Å². The number of nitrogens with one attached hydrogen (secondary N) is 2. The van der Waals surface area contributed by atoms with E-state index < -0.39 is 42.0 Å². The number of aromatic amines is 1. The minimum absolute atomic E-state index is 0.0908. The minimum Gasteiger partial charge on any atom is -0.375 e. The molecule has 2 fully saturated rings. The van der Waals surface area contributed by atoms with Gasteiger partial charge in [-0.1, -0.05) is 29.5 Å². The van der Waals surface area contributed by atoms with Gasteiger partial charge in [0.05, 0.1) is 28.0 Å². The minimum atomic E-state index is -4.64. The summed E-state index contributed by atoms with van der Waals surface area (Å²) >= 11 is 1.26. The number of aromatic nitrogens is 5. The van der Waals surface area contributed by atoms with Crippen LogP contribution in [-0.4, -0.2) is 66.7 Å². The molecule has 38 heavy (non-hydrogen) atoms. The van der Waals surface area contributed by atoms with Gasteiger partial charge in [0.25, 0.3) is 0 Å². The average Bonchev–Trinajstić information content (AvgIpc) is 3.58. The first-order valence-corrected chi connectivity index (χ1v) is 15.4. The van der Waals surface area contributed by atoms with Crippen molar-refractivity contribution in [3.8, 4) is 22.5 Å². The third kappa shape index (κ3) is 4.25. The maximum Gasteiger partial charge on any atom is 0.242 e. The van der Waals surface area contributed by atoms with Crippen LogP contribution in [0.15, 0.2) is 40.1 Å². The summed E-state index contributed by atoms with van der Waals surface area (Å²) in [6.07, 6.45) is 1.04. The molecule has 0 aliphatic carbocycles. The van der Waals surface area contributed by atoms with Crippen LogP contribution in [0.5, 0.6) is 0 Å². The topological polar surface area (TPSA) is 235 Å². The molecule has 2 aliphatic rings. The van der Waals surface area contributed by atoms with Gasteiger partial charge in [-0.2, -0.15) is 0 Å². The lowest BCUT2D eigenvalue weighted by atomic mass is 9.98. The number of nitrogen functional groups attached to an aromatic ring is 1. The monoisotopic (exact) mass is 577 g/mol. The van der Waals surface area contributed by atoms with E-state index in [0.29, 0.717) is 41.0 Å². The van der Waals surface area contributed by atoms with Crippen molar-refractivity contribution in [2.75, 3.05) is 5.73 Å². The number of para-hydroxylation sites is 1. The highest BCUT2D eigenvalue weighted by molar-refractivity contribution is 7.92. The molecule has 200 valence electrons. The molecule has 4 atom stereocenters. The second kappa shape index (κ2) is 9.01. The first-order valence-electron chi connectivity index (χ1n) is 11.6. The second-order valence-corrected chi connectivity index (χ2v) is 13.5. The Morgan fingerprint density at radius 3 is 2.63 bits per heavy atom. The number of hydrogen-bond acceptors (Lipinski definition) is 12. The van der Waals surface area contributed by atoms with Gasteiger partial charge in [-0.15, -0.1) is 5.10 Å². The fourth-order valence-corrected chi connectivity index (χ4v) is 8.90. The third-order valence-electron chi connectivity index (χ3n) is 6.85. The van der Waals surface area contributed by atoms with Crippen LogP contribution in [-0.2, 0) is 24.8 Å². The lowest BCUT2D eigenvalue weighted by Gasteiger charge is -2.30. The molecular formula is C21H23N9O5S3. The van der Waals surface area contributed by atoms with Crippen LogP contribution >= 0.6 is 11.3 Å². The van der Waals surface area contributed by atoms with Gasteiger partial charge in [0.15, 0.2) is 11.0 Å². The second-order valence-electron chi connectivity index (χ2n) is 9.23. The van der Waals surface area contributed by atoms with Crippen molar-refractivity contribution in [3.05, 3.63) is 30.3 Å². The molecular weight excluding hydrogens is 554 g/mol. The molecule has 0 radical (unpaired) electrons. The lowest BCUT2D eigenvalue weighted by Crippen LogP contribution is -2.46. The average molecular weight is 578 g/mol. The highest BCUT2D eigenvalue weighted by Crippen LogP contribution is 2.42. The van der Waals surface area contributed by atoms with E-state index in [4.69, 9.17) is 21.3 Å². The molecule has 17 heteroatoms. The predicted octanol–water partition coefficient (Wildman–Crippen LogP) is 0.299. The van der Waals surface area contributed by atoms with Crippen molar-refractivity contribution in [1.29, 1.82) is 0 Å². The molecule has 14 nitrogen and oxygen atoms in total. The molecule has 0 spiro atoms. The molecule has 0 amide bonds. The Kier molecular flexibility index (Phi) is 5.98. The number of benzene rings is 2. The Labute approximate surface area is 221 Å². The summed E-state index contributed by atoms with van der Waals surface area (Å²) in [6, 6.07) is 7.20. The lowest BCUT2D eigenvalue weighted by molar-refractivity contribution is -0.0135. The summed E-state index contributed by atoms with van der Waals surface area (Å²) in [5.41, 5.74) is 13.2. The fraction of sp³-hybridized carbons (Fsp3) is 0.333. The van der Waals surface area contributed by atoms with E-state index in [9.17, 15) is 16.8 Å². The SMILES string of the molecule is Nc1nc2c(-c3ccc(S(=O)(=O)NC4CCC5OC4CC5N)c(S(N)(=O)=O)c3-c3nnn[nH]3)cccc2s1. The number of hydrogen-bond donors (Lipinski definition) is 5. The standard InChI is InChI=1S/C21H23N9O5S3/c22-11-8-14-12(5-6-13(11)35-14)28-38(33,34)16-7-4-9(10-2-1-3-15-18(10)25-21(23)36-15)17(19(16)37(24,31)32)20-26-29-30-27-20/h1-4,7,11-14,28H,5-6,8,22H2,(H2,23,25)(H2,24,31,32)(H,26,27,29,30). The zero-order valence-corrected chi connectivity index (χ0v) is 22.1. The van der Waals surface area contributed by atoms with Crippen molar-refractivity contribution in [2.45, 2.75) is 53.3 Å². The molecule has 4 unspecified atom stereocenters. The maximum absolute atomic E-state index is 13.7.